The average molecular weight is 258 g/mol. The third-order valence-corrected chi connectivity index (χ3v) is 4.98. The first-order chi connectivity index (χ1) is 9.28. The van der Waals surface area contributed by atoms with E-state index in [4.69, 9.17) is 0 Å². The maximum atomic E-state index is 3.67. The molecule has 1 heterocycles. The SMILES string of the molecule is CCC1CN(C2CCc3ccccc3C2)C(C)CN1. The van der Waals surface area contributed by atoms with Gasteiger partial charge in [0.05, 0.1) is 0 Å². The lowest BCUT2D eigenvalue weighted by atomic mass is 9.86. The lowest BCUT2D eigenvalue weighted by molar-refractivity contribution is 0.0817. The zero-order valence-electron chi connectivity index (χ0n) is 12.2. The quantitative estimate of drug-likeness (QED) is 0.877. The highest BCUT2D eigenvalue weighted by molar-refractivity contribution is 5.30. The number of rotatable bonds is 2. The fraction of sp³-hybridized carbons (Fsp3) is 0.647. The van der Waals surface area contributed by atoms with Crippen molar-refractivity contribution in [2.24, 2.45) is 0 Å². The molecule has 3 rings (SSSR count). The van der Waals surface area contributed by atoms with Crippen molar-refractivity contribution in [2.45, 2.75) is 57.7 Å². The first kappa shape index (κ1) is 13.1. The summed E-state index contributed by atoms with van der Waals surface area (Å²) < 4.78 is 0. The number of nitrogens with zero attached hydrogens (tertiary/aromatic N) is 1. The molecule has 104 valence electrons. The van der Waals surface area contributed by atoms with E-state index in [0.29, 0.717) is 12.1 Å². The van der Waals surface area contributed by atoms with E-state index in [2.05, 4.69) is 48.3 Å². The first-order valence-corrected chi connectivity index (χ1v) is 7.84. The van der Waals surface area contributed by atoms with Crippen LogP contribution in [-0.2, 0) is 12.8 Å². The highest BCUT2D eigenvalue weighted by Gasteiger charge is 2.31. The summed E-state index contributed by atoms with van der Waals surface area (Å²) >= 11 is 0. The number of benzene rings is 1. The second-order valence-corrected chi connectivity index (χ2v) is 6.22. The molecule has 2 heteroatoms. The Hall–Kier alpha value is -0.860. The number of piperazine rings is 1. The van der Waals surface area contributed by atoms with Gasteiger partial charge in [0.1, 0.15) is 0 Å². The van der Waals surface area contributed by atoms with Crippen LogP contribution in [0.2, 0.25) is 0 Å². The summed E-state index contributed by atoms with van der Waals surface area (Å²) in [4.78, 5) is 2.76. The molecule has 1 aliphatic carbocycles. The minimum absolute atomic E-state index is 0.679. The molecule has 3 unspecified atom stereocenters. The van der Waals surface area contributed by atoms with Crippen molar-refractivity contribution in [1.29, 1.82) is 0 Å². The predicted molar refractivity (Wildman–Crippen MR) is 80.5 cm³/mol. The molecule has 0 aromatic heterocycles. The molecule has 0 radical (unpaired) electrons. The largest absolute Gasteiger partial charge is 0.311 e. The highest BCUT2D eigenvalue weighted by Crippen LogP contribution is 2.26. The topological polar surface area (TPSA) is 15.3 Å². The second kappa shape index (κ2) is 5.64. The first-order valence-electron chi connectivity index (χ1n) is 7.84. The lowest BCUT2D eigenvalue weighted by Gasteiger charge is -2.45. The van der Waals surface area contributed by atoms with Gasteiger partial charge < -0.3 is 5.32 Å². The molecule has 2 nitrogen and oxygen atoms in total. The van der Waals surface area contributed by atoms with Crippen LogP contribution in [0.25, 0.3) is 0 Å². The summed E-state index contributed by atoms with van der Waals surface area (Å²) in [6, 6.07) is 11.1. The van der Waals surface area contributed by atoms with Crippen molar-refractivity contribution in [3.05, 3.63) is 35.4 Å². The molecule has 1 saturated heterocycles. The van der Waals surface area contributed by atoms with Crippen LogP contribution in [0.3, 0.4) is 0 Å². The van der Waals surface area contributed by atoms with Gasteiger partial charge in [0, 0.05) is 31.2 Å². The molecule has 2 aliphatic rings. The highest BCUT2D eigenvalue weighted by atomic mass is 15.2. The molecule has 1 aromatic carbocycles. The Bertz CT molecular complexity index is 429. The lowest BCUT2D eigenvalue weighted by Crippen LogP contribution is -2.59. The number of aryl methyl sites for hydroxylation is 1. The van der Waals surface area contributed by atoms with Crippen LogP contribution in [0, 0.1) is 0 Å². The number of fused-ring (bicyclic) bond motifs is 1. The van der Waals surface area contributed by atoms with Gasteiger partial charge in [-0.3, -0.25) is 4.90 Å². The molecule has 0 amide bonds. The van der Waals surface area contributed by atoms with Gasteiger partial charge in [-0.2, -0.15) is 0 Å². The van der Waals surface area contributed by atoms with E-state index in [1.54, 1.807) is 11.1 Å². The van der Waals surface area contributed by atoms with Crippen molar-refractivity contribution in [3.63, 3.8) is 0 Å². The van der Waals surface area contributed by atoms with E-state index >= 15 is 0 Å². The van der Waals surface area contributed by atoms with Gasteiger partial charge in [-0.25, -0.2) is 0 Å². The van der Waals surface area contributed by atoms with Crippen LogP contribution >= 0.6 is 0 Å². The molecule has 0 saturated carbocycles. The third kappa shape index (κ3) is 2.70. The summed E-state index contributed by atoms with van der Waals surface area (Å²) in [5.74, 6) is 0. The van der Waals surface area contributed by atoms with Gasteiger partial charge in [0.2, 0.25) is 0 Å². The van der Waals surface area contributed by atoms with Gasteiger partial charge in [-0.1, -0.05) is 31.2 Å². The van der Waals surface area contributed by atoms with E-state index < -0.39 is 0 Å². The molecular formula is C17H26N2. The maximum Gasteiger partial charge on any atom is 0.0196 e. The molecule has 1 aliphatic heterocycles. The Balaban J connectivity index is 1.73. The maximum absolute atomic E-state index is 3.67. The van der Waals surface area contributed by atoms with Crippen molar-refractivity contribution < 1.29 is 0 Å². The van der Waals surface area contributed by atoms with Crippen LogP contribution in [0.5, 0.6) is 0 Å². The summed E-state index contributed by atoms with van der Waals surface area (Å²) in [7, 11) is 0. The smallest absolute Gasteiger partial charge is 0.0196 e. The van der Waals surface area contributed by atoms with Crippen LogP contribution in [0.15, 0.2) is 24.3 Å². The van der Waals surface area contributed by atoms with Gasteiger partial charge in [0.25, 0.3) is 0 Å². The summed E-state index contributed by atoms with van der Waals surface area (Å²) in [5.41, 5.74) is 3.16. The van der Waals surface area contributed by atoms with E-state index in [0.717, 1.165) is 12.6 Å². The van der Waals surface area contributed by atoms with Gasteiger partial charge >= 0.3 is 0 Å². The molecule has 0 spiro atoms. The standard InChI is InChI=1S/C17H26N2/c1-3-16-12-19(13(2)11-18-16)17-9-8-14-6-4-5-7-15(14)10-17/h4-7,13,16-18H,3,8-12H2,1-2H3. The normalized spacial score (nSPS) is 32.0. The van der Waals surface area contributed by atoms with Gasteiger partial charge in [-0.15, -0.1) is 0 Å². The van der Waals surface area contributed by atoms with Crippen LogP contribution in [-0.4, -0.2) is 36.1 Å². The molecular weight excluding hydrogens is 232 g/mol. The Kier molecular flexibility index (Phi) is 3.90. The summed E-state index contributed by atoms with van der Waals surface area (Å²) in [5, 5.41) is 3.67. The number of hydrogen-bond donors (Lipinski definition) is 1. The van der Waals surface area contributed by atoms with Crippen molar-refractivity contribution in [1.82, 2.24) is 10.2 Å². The van der Waals surface area contributed by atoms with Crippen LogP contribution in [0.1, 0.15) is 37.8 Å². The minimum atomic E-state index is 0.679. The molecule has 1 fully saturated rings. The monoisotopic (exact) mass is 258 g/mol. The summed E-state index contributed by atoms with van der Waals surface area (Å²) in [6.07, 6.45) is 5.08. The zero-order chi connectivity index (χ0) is 13.2. The third-order valence-electron chi connectivity index (χ3n) is 4.98. The van der Waals surface area contributed by atoms with Crippen molar-refractivity contribution in [2.75, 3.05) is 13.1 Å². The predicted octanol–water partition coefficient (Wildman–Crippen LogP) is 2.62. The molecule has 3 atom stereocenters. The summed E-state index contributed by atoms with van der Waals surface area (Å²) in [6.45, 7) is 7.04. The van der Waals surface area contributed by atoms with Crippen molar-refractivity contribution in [3.8, 4) is 0 Å². The van der Waals surface area contributed by atoms with Crippen LogP contribution in [0.4, 0.5) is 0 Å². The van der Waals surface area contributed by atoms with Crippen LogP contribution < -0.4 is 5.32 Å². The number of hydrogen-bond acceptors (Lipinski definition) is 2. The van der Waals surface area contributed by atoms with E-state index in [9.17, 15) is 0 Å². The van der Waals surface area contributed by atoms with Crippen molar-refractivity contribution >= 4 is 0 Å². The fourth-order valence-corrected chi connectivity index (χ4v) is 3.70. The Morgan fingerprint density at radius 3 is 2.84 bits per heavy atom. The minimum Gasteiger partial charge on any atom is -0.311 e. The average Bonchev–Trinajstić information content (AvgIpc) is 2.47. The van der Waals surface area contributed by atoms with Gasteiger partial charge in [0.15, 0.2) is 0 Å². The fourth-order valence-electron chi connectivity index (χ4n) is 3.70. The molecule has 0 bridgehead atoms. The Morgan fingerprint density at radius 1 is 1.26 bits per heavy atom. The van der Waals surface area contributed by atoms with E-state index in [1.165, 1.54) is 32.2 Å². The van der Waals surface area contributed by atoms with E-state index in [1.807, 2.05) is 0 Å². The Labute approximate surface area is 117 Å². The Morgan fingerprint density at radius 2 is 2.05 bits per heavy atom. The molecule has 19 heavy (non-hydrogen) atoms. The molecule has 1 N–H and O–H groups in total. The van der Waals surface area contributed by atoms with Gasteiger partial charge in [-0.05, 0) is 43.7 Å². The second-order valence-electron chi connectivity index (χ2n) is 6.22. The molecule has 1 aromatic rings. The number of nitrogens with one attached hydrogen (secondary N) is 1. The van der Waals surface area contributed by atoms with E-state index in [-0.39, 0.29) is 0 Å². The zero-order valence-corrected chi connectivity index (χ0v) is 12.2.